The molecule has 0 spiro atoms. The van der Waals surface area contributed by atoms with Crippen LogP contribution in [-0.2, 0) is 14.4 Å². The van der Waals surface area contributed by atoms with Crippen molar-refractivity contribution in [2.45, 2.75) is 290 Å². The maximum atomic E-state index is 10.3. The van der Waals surface area contributed by atoms with Crippen molar-refractivity contribution in [2.24, 2.45) is 0 Å². The van der Waals surface area contributed by atoms with E-state index in [-0.39, 0.29) is 9.90 Å². The highest BCUT2D eigenvalue weighted by Gasteiger charge is 1.99. The number of hydrogen-bond acceptors (Lipinski definition) is 3. The van der Waals surface area contributed by atoms with E-state index < -0.39 is 17.9 Å². The summed E-state index contributed by atoms with van der Waals surface area (Å²) in [5.74, 6) is -1.96. The Kier molecular flexibility index (Phi) is 62.9. The van der Waals surface area contributed by atoms with Gasteiger partial charge in [0.05, 0.1) is 0 Å². The lowest BCUT2D eigenvalue weighted by atomic mass is 10.0. The van der Waals surface area contributed by atoms with E-state index in [0.29, 0.717) is 19.3 Å². The lowest BCUT2D eigenvalue weighted by Gasteiger charge is -2.02. The van der Waals surface area contributed by atoms with Crippen LogP contribution in [0, 0.1) is 0 Å². The maximum absolute atomic E-state index is 10.3. The molecular weight excluding hydrogens is 703 g/mol. The molecule has 0 heterocycles. The molecule has 0 saturated heterocycles. The predicted molar refractivity (Wildman–Crippen MR) is 245 cm³/mol. The molecule has 0 saturated carbocycles. The van der Waals surface area contributed by atoms with Gasteiger partial charge in [0.15, 0.2) is 0 Å². The van der Waals surface area contributed by atoms with Gasteiger partial charge in [-0.3, -0.25) is 14.4 Å². The third kappa shape index (κ3) is 71.1. The van der Waals surface area contributed by atoms with E-state index in [1.807, 2.05) is 0 Å². The molecule has 0 aliphatic heterocycles. The molecule has 6 nitrogen and oxygen atoms in total. The van der Waals surface area contributed by atoms with Gasteiger partial charge in [0, 0.05) is 19.3 Å². The number of aliphatic carboxylic acids is 3. The number of carboxylic acids is 3. The van der Waals surface area contributed by atoms with Gasteiger partial charge in [0.25, 0.3) is 0 Å². The van der Waals surface area contributed by atoms with E-state index in [9.17, 15) is 14.4 Å². The van der Waals surface area contributed by atoms with E-state index in [4.69, 9.17) is 15.3 Å². The average Bonchev–Trinajstić information content (AvgIpc) is 3.14. The van der Waals surface area contributed by atoms with Crippen LogP contribution in [0.4, 0.5) is 0 Å². The molecule has 332 valence electrons. The fourth-order valence-electron chi connectivity index (χ4n) is 6.88. The minimum absolute atomic E-state index is 0. The molecule has 1 atom stereocenters. The average molecular weight is 803 g/mol. The molecule has 0 aromatic carbocycles. The molecule has 7 heteroatoms. The van der Waals surface area contributed by atoms with Crippen LogP contribution in [0.1, 0.15) is 290 Å². The van der Waals surface area contributed by atoms with Crippen molar-refractivity contribution in [1.82, 2.24) is 0 Å². The molecule has 0 aliphatic carbocycles. The van der Waals surface area contributed by atoms with Crippen LogP contribution in [0.3, 0.4) is 0 Å². The third-order valence-electron chi connectivity index (χ3n) is 10.5. The van der Waals surface area contributed by atoms with Crippen LogP contribution < -0.4 is 0 Å². The predicted octanol–water partition coefficient (Wildman–Crippen LogP) is 16.7. The Labute approximate surface area is 347 Å². The SMILES string of the molecule is CCCCCCCCCCCCCCCC(=O)O.CCCCCCCCCCCCCCCC(=O)O.CCCCCCCCCCCCCCCC(=O)O.P. The van der Waals surface area contributed by atoms with Crippen molar-refractivity contribution in [3.05, 3.63) is 0 Å². The molecule has 0 fully saturated rings. The normalized spacial score (nSPS) is 10.5. The summed E-state index contributed by atoms with van der Waals surface area (Å²) in [6, 6.07) is 0. The van der Waals surface area contributed by atoms with Crippen molar-refractivity contribution in [1.29, 1.82) is 0 Å². The standard InChI is InChI=1S/3C16H32O2.H3P/c3*1-2-3-4-5-6-7-8-9-10-11-12-13-14-15-16(17)18;/h3*2-15H2,1H3,(H,17,18);1H3. The van der Waals surface area contributed by atoms with Crippen LogP contribution in [0.2, 0.25) is 0 Å². The summed E-state index contributed by atoms with van der Waals surface area (Å²) in [6.07, 6.45) is 51.8. The van der Waals surface area contributed by atoms with Gasteiger partial charge in [-0.05, 0) is 19.3 Å². The summed E-state index contributed by atoms with van der Waals surface area (Å²) in [6.45, 7) is 6.78. The van der Waals surface area contributed by atoms with Gasteiger partial charge in [0.1, 0.15) is 0 Å². The van der Waals surface area contributed by atoms with Crippen LogP contribution in [0.25, 0.3) is 0 Å². The highest BCUT2D eigenvalue weighted by atomic mass is 31.0. The molecule has 0 rings (SSSR count). The summed E-state index contributed by atoms with van der Waals surface area (Å²) in [7, 11) is 0. The monoisotopic (exact) mass is 803 g/mol. The quantitative estimate of drug-likeness (QED) is 0.0419. The summed E-state index contributed by atoms with van der Waals surface area (Å²) >= 11 is 0. The number of rotatable bonds is 42. The molecular formula is C48H99O6P. The summed E-state index contributed by atoms with van der Waals surface area (Å²) in [4.78, 5) is 30.9. The first-order valence-electron chi connectivity index (χ1n) is 24.0. The van der Waals surface area contributed by atoms with E-state index in [1.54, 1.807) is 0 Å². The second kappa shape index (κ2) is 57.2. The molecule has 0 amide bonds. The number of unbranched alkanes of at least 4 members (excludes halogenated alkanes) is 36. The summed E-state index contributed by atoms with van der Waals surface area (Å²) < 4.78 is 0. The number of carboxylic acid groups (broad SMARTS) is 3. The second-order valence-electron chi connectivity index (χ2n) is 16.2. The number of carbonyl (C=O) groups is 3. The number of hydrogen-bond donors (Lipinski definition) is 3. The third-order valence-corrected chi connectivity index (χ3v) is 10.5. The van der Waals surface area contributed by atoms with Crippen molar-refractivity contribution in [3.8, 4) is 0 Å². The Morgan fingerprint density at radius 3 is 0.455 bits per heavy atom. The van der Waals surface area contributed by atoms with E-state index in [2.05, 4.69) is 20.8 Å². The Bertz CT molecular complexity index is 636. The topological polar surface area (TPSA) is 112 Å². The fraction of sp³-hybridized carbons (Fsp3) is 0.938. The first-order valence-corrected chi connectivity index (χ1v) is 24.0. The minimum Gasteiger partial charge on any atom is -0.481 e. The molecule has 0 aromatic heterocycles. The molecule has 0 aromatic rings. The Hall–Kier alpha value is -1.16. The van der Waals surface area contributed by atoms with Gasteiger partial charge in [-0.25, -0.2) is 0 Å². The van der Waals surface area contributed by atoms with E-state index >= 15 is 0 Å². The van der Waals surface area contributed by atoms with Crippen molar-refractivity contribution in [3.63, 3.8) is 0 Å². The molecule has 55 heavy (non-hydrogen) atoms. The van der Waals surface area contributed by atoms with E-state index in [0.717, 1.165) is 38.5 Å². The van der Waals surface area contributed by atoms with Gasteiger partial charge in [-0.1, -0.05) is 252 Å². The zero-order valence-electron chi connectivity index (χ0n) is 37.5. The largest absolute Gasteiger partial charge is 0.481 e. The molecule has 0 bridgehead atoms. The zero-order chi connectivity index (χ0) is 40.4. The zero-order valence-corrected chi connectivity index (χ0v) is 38.9. The smallest absolute Gasteiger partial charge is 0.303 e. The Morgan fingerprint density at radius 2 is 0.345 bits per heavy atom. The Morgan fingerprint density at radius 1 is 0.236 bits per heavy atom. The first kappa shape index (κ1) is 60.5. The molecule has 0 radical (unpaired) electrons. The summed E-state index contributed by atoms with van der Waals surface area (Å²) in [5.41, 5.74) is 0. The highest BCUT2D eigenvalue weighted by molar-refractivity contribution is 6.92. The van der Waals surface area contributed by atoms with Crippen molar-refractivity contribution in [2.75, 3.05) is 0 Å². The molecule has 3 N–H and O–H groups in total. The van der Waals surface area contributed by atoms with Crippen LogP contribution in [-0.4, -0.2) is 33.2 Å². The van der Waals surface area contributed by atoms with E-state index in [1.165, 1.54) is 212 Å². The van der Waals surface area contributed by atoms with Crippen LogP contribution in [0.5, 0.6) is 0 Å². The van der Waals surface area contributed by atoms with Gasteiger partial charge >= 0.3 is 17.9 Å². The van der Waals surface area contributed by atoms with Gasteiger partial charge in [-0.2, -0.15) is 9.90 Å². The lowest BCUT2D eigenvalue weighted by Crippen LogP contribution is -1.93. The van der Waals surface area contributed by atoms with Crippen LogP contribution >= 0.6 is 9.90 Å². The van der Waals surface area contributed by atoms with Gasteiger partial charge in [-0.15, -0.1) is 0 Å². The Balaban J connectivity index is -0.000000351. The minimum atomic E-state index is -0.655. The first-order chi connectivity index (χ1) is 26.3. The van der Waals surface area contributed by atoms with Crippen molar-refractivity contribution < 1.29 is 29.7 Å². The molecule has 0 aliphatic rings. The van der Waals surface area contributed by atoms with Crippen molar-refractivity contribution >= 4 is 27.8 Å². The van der Waals surface area contributed by atoms with Gasteiger partial charge < -0.3 is 15.3 Å². The molecule has 1 unspecified atom stereocenters. The highest BCUT2D eigenvalue weighted by Crippen LogP contribution is 2.15. The lowest BCUT2D eigenvalue weighted by molar-refractivity contribution is -0.138. The fourth-order valence-corrected chi connectivity index (χ4v) is 6.88. The van der Waals surface area contributed by atoms with Crippen LogP contribution in [0.15, 0.2) is 0 Å². The van der Waals surface area contributed by atoms with Gasteiger partial charge in [0.2, 0.25) is 0 Å². The second-order valence-corrected chi connectivity index (χ2v) is 16.2. The maximum Gasteiger partial charge on any atom is 0.303 e. The summed E-state index contributed by atoms with van der Waals surface area (Å²) in [5, 5.41) is 25.5.